The third kappa shape index (κ3) is 2.75. The zero-order valence-electron chi connectivity index (χ0n) is 10.4. The third-order valence-corrected chi connectivity index (χ3v) is 3.26. The number of carbonyl (C=O) groups excluding carboxylic acids is 1. The first-order valence-corrected chi connectivity index (χ1v) is 6.26. The molecule has 0 aromatic carbocycles. The fourth-order valence-electron chi connectivity index (χ4n) is 2.28. The summed E-state index contributed by atoms with van der Waals surface area (Å²) in [6, 6.07) is 1.34. The van der Waals surface area contributed by atoms with E-state index in [1.807, 2.05) is 12.4 Å². The number of nitrogens with one attached hydrogen (secondary N) is 2. The fraction of sp³-hybridized carbons (Fsp3) is 0.417. The topological polar surface area (TPSA) is 85.0 Å². The molecule has 3 heterocycles. The number of amides is 2. The molecule has 19 heavy (non-hydrogen) atoms. The third-order valence-electron chi connectivity index (χ3n) is 3.26. The second-order valence-corrected chi connectivity index (χ2v) is 4.62. The molecule has 0 unspecified atom stereocenters. The van der Waals surface area contributed by atoms with Gasteiger partial charge in [-0.1, -0.05) is 5.16 Å². The van der Waals surface area contributed by atoms with Gasteiger partial charge < -0.3 is 14.4 Å². The van der Waals surface area contributed by atoms with Crippen LogP contribution in [0.5, 0.6) is 0 Å². The number of hydrogen-bond acceptors (Lipinski definition) is 4. The van der Waals surface area contributed by atoms with Crippen LogP contribution in [0.4, 0.5) is 10.6 Å². The number of aromatic nitrogens is 3. The van der Waals surface area contributed by atoms with E-state index in [4.69, 9.17) is 0 Å². The van der Waals surface area contributed by atoms with Crippen molar-refractivity contribution in [2.24, 2.45) is 5.92 Å². The maximum atomic E-state index is 11.6. The van der Waals surface area contributed by atoms with Gasteiger partial charge in [0.2, 0.25) is 0 Å². The Hall–Kier alpha value is -2.31. The second kappa shape index (κ2) is 5.13. The molecule has 2 amide bonds. The Kier molecular flexibility index (Phi) is 3.18. The summed E-state index contributed by atoms with van der Waals surface area (Å²) in [5, 5.41) is 9.06. The maximum absolute atomic E-state index is 11.6. The number of anilines is 1. The molecule has 1 atom stereocenters. The number of rotatable bonds is 3. The van der Waals surface area contributed by atoms with E-state index >= 15 is 0 Å². The van der Waals surface area contributed by atoms with Crippen LogP contribution in [0.3, 0.4) is 0 Å². The number of hydrogen-bond donors (Lipinski definition) is 2. The minimum absolute atomic E-state index is 0.259. The Morgan fingerprint density at radius 2 is 2.53 bits per heavy atom. The highest BCUT2D eigenvalue weighted by Gasteiger charge is 2.19. The molecule has 0 fully saturated rings. The molecule has 0 aliphatic carbocycles. The minimum atomic E-state index is -0.259. The predicted octanol–water partition coefficient (Wildman–Crippen LogP) is 1.26. The molecule has 0 bridgehead atoms. The number of fused-ring (bicyclic) bond motifs is 1. The molecule has 3 rings (SSSR count). The van der Waals surface area contributed by atoms with Crippen LogP contribution in [0.1, 0.15) is 12.2 Å². The largest absolute Gasteiger partial charge is 0.363 e. The molecule has 0 radical (unpaired) electrons. The predicted molar refractivity (Wildman–Crippen MR) is 67.6 cm³/mol. The number of imidazole rings is 1. The summed E-state index contributed by atoms with van der Waals surface area (Å²) in [4.78, 5) is 15.9. The first-order chi connectivity index (χ1) is 9.31. The number of carbonyl (C=O) groups is 1. The SMILES string of the molecule is O=C(NC[C@H]1CCc2nccn2C1)Nc1ccon1. The molecular weight excluding hydrogens is 246 g/mol. The van der Waals surface area contributed by atoms with E-state index in [0.717, 1.165) is 25.2 Å². The molecule has 2 aromatic heterocycles. The molecule has 2 N–H and O–H groups in total. The van der Waals surface area contributed by atoms with Gasteiger partial charge >= 0.3 is 6.03 Å². The summed E-state index contributed by atoms with van der Waals surface area (Å²) < 4.78 is 6.78. The molecular formula is C12H15N5O2. The molecule has 1 aliphatic heterocycles. The first kappa shape index (κ1) is 11.8. The zero-order valence-corrected chi connectivity index (χ0v) is 10.4. The van der Waals surface area contributed by atoms with Gasteiger partial charge in [-0.25, -0.2) is 9.78 Å². The highest BCUT2D eigenvalue weighted by Crippen LogP contribution is 2.17. The van der Waals surface area contributed by atoms with Gasteiger partial charge in [-0.05, 0) is 12.3 Å². The lowest BCUT2D eigenvalue weighted by atomic mass is 9.99. The highest BCUT2D eigenvalue weighted by atomic mass is 16.5. The van der Waals surface area contributed by atoms with Crippen molar-refractivity contribution in [1.82, 2.24) is 20.0 Å². The van der Waals surface area contributed by atoms with E-state index in [0.29, 0.717) is 18.3 Å². The number of nitrogens with zero attached hydrogens (tertiary/aromatic N) is 3. The van der Waals surface area contributed by atoms with E-state index in [1.165, 1.54) is 6.26 Å². The van der Waals surface area contributed by atoms with Gasteiger partial charge in [-0.15, -0.1) is 0 Å². The lowest BCUT2D eigenvalue weighted by Crippen LogP contribution is -2.36. The monoisotopic (exact) mass is 261 g/mol. The molecule has 100 valence electrons. The van der Waals surface area contributed by atoms with Crippen molar-refractivity contribution in [2.75, 3.05) is 11.9 Å². The summed E-state index contributed by atoms with van der Waals surface area (Å²) >= 11 is 0. The van der Waals surface area contributed by atoms with Crippen molar-refractivity contribution in [1.29, 1.82) is 0 Å². The van der Waals surface area contributed by atoms with Crippen LogP contribution < -0.4 is 10.6 Å². The Balaban J connectivity index is 1.47. The average Bonchev–Trinajstić information content (AvgIpc) is 3.06. The second-order valence-electron chi connectivity index (χ2n) is 4.62. The summed E-state index contributed by atoms with van der Waals surface area (Å²) in [5.74, 6) is 1.98. The molecule has 2 aromatic rings. The van der Waals surface area contributed by atoms with E-state index < -0.39 is 0 Å². The Morgan fingerprint density at radius 3 is 3.37 bits per heavy atom. The molecule has 7 heteroatoms. The number of urea groups is 1. The van der Waals surface area contributed by atoms with Crippen molar-refractivity contribution in [3.8, 4) is 0 Å². The van der Waals surface area contributed by atoms with Gasteiger partial charge in [-0.2, -0.15) is 0 Å². The molecule has 0 saturated heterocycles. The van der Waals surface area contributed by atoms with Crippen molar-refractivity contribution in [2.45, 2.75) is 19.4 Å². The van der Waals surface area contributed by atoms with Crippen molar-refractivity contribution >= 4 is 11.8 Å². The average molecular weight is 261 g/mol. The van der Waals surface area contributed by atoms with Gasteiger partial charge in [-0.3, -0.25) is 5.32 Å². The summed E-state index contributed by atoms with van der Waals surface area (Å²) in [6.45, 7) is 1.54. The lowest BCUT2D eigenvalue weighted by molar-refractivity contribution is 0.247. The van der Waals surface area contributed by atoms with Crippen LogP contribution in [0.25, 0.3) is 0 Å². The molecule has 7 nitrogen and oxygen atoms in total. The molecule has 0 spiro atoms. The summed E-state index contributed by atoms with van der Waals surface area (Å²) in [7, 11) is 0. The van der Waals surface area contributed by atoms with Crippen molar-refractivity contribution < 1.29 is 9.32 Å². The maximum Gasteiger partial charge on any atom is 0.320 e. The van der Waals surface area contributed by atoms with E-state index in [1.54, 1.807) is 6.07 Å². The standard InChI is InChI=1S/C12H15N5O2/c18-12(15-10-3-6-19-16-10)14-7-9-1-2-11-13-4-5-17(11)8-9/h3-6,9H,1-2,7-8H2,(H2,14,15,16,18)/t9-/m1/s1. The summed E-state index contributed by atoms with van der Waals surface area (Å²) in [5.41, 5.74) is 0. The Bertz CT molecular complexity index is 548. The summed E-state index contributed by atoms with van der Waals surface area (Å²) in [6.07, 6.45) is 7.22. The van der Waals surface area contributed by atoms with Crippen LogP contribution in [0.15, 0.2) is 29.2 Å². The Morgan fingerprint density at radius 1 is 1.58 bits per heavy atom. The molecule has 0 saturated carbocycles. The quantitative estimate of drug-likeness (QED) is 0.871. The zero-order chi connectivity index (χ0) is 13.1. The van der Waals surface area contributed by atoms with E-state index in [9.17, 15) is 4.79 Å². The van der Waals surface area contributed by atoms with Crippen LogP contribution in [0.2, 0.25) is 0 Å². The molecule has 1 aliphatic rings. The van der Waals surface area contributed by atoms with Gasteiger partial charge in [0.1, 0.15) is 12.1 Å². The Labute approximate surface area is 110 Å². The van der Waals surface area contributed by atoms with Crippen LogP contribution >= 0.6 is 0 Å². The van der Waals surface area contributed by atoms with Crippen molar-refractivity contribution in [3.63, 3.8) is 0 Å². The van der Waals surface area contributed by atoms with E-state index in [-0.39, 0.29) is 6.03 Å². The lowest BCUT2D eigenvalue weighted by Gasteiger charge is -2.23. The van der Waals surface area contributed by atoms with Crippen LogP contribution in [0, 0.1) is 5.92 Å². The van der Waals surface area contributed by atoms with Gasteiger partial charge in [0, 0.05) is 38.0 Å². The normalized spacial score (nSPS) is 17.8. The van der Waals surface area contributed by atoms with Gasteiger partial charge in [0.15, 0.2) is 5.82 Å². The number of aryl methyl sites for hydroxylation is 1. The van der Waals surface area contributed by atoms with Crippen LogP contribution in [-0.2, 0) is 13.0 Å². The minimum Gasteiger partial charge on any atom is -0.363 e. The van der Waals surface area contributed by atoms with E-state index in [2.05, 4.69) is 29.9 Å². The van der Waals surface area contributed by atoms with Gasteiger partial charge in [0.25, 0.3) is 0 Å². The smallest absolute Gasteiger partial charge is 0.320 e. The van der Waals surface area contributed by atoms with Gasteiger partial charge in [0.05, 0.1) is 0 Å². The fourth-order valence-corrected chi connectivity index (χ4v) is 2.28. The van der Waals surface area contributed by atoms with Crippen LogP contribution in [-0.4, -0.2) is 27.3 Å². The highest BCUT2D eigenvalue weighted by molar-refractivity contribution is 5.87. The first-order valence-electron chi connectivity index (χ1n) is 6.26. The van der Waals surface area contributed by atoms with Crippen molar-refractivity contribution in [3.05, 3.63) is 30.5 Å².